The number of anilines is 1. The van der Waals surface area contributed by atoms with Crippen LogP contribution in [0, 0.1) is 11.6 Å². The van der Waals surface area contributed by atoms with Gasteiger partial charge in [0.1, 0.15) is 11.6 Å². The number of carbonyl (C=O) groups excluding carboxylic acids is 2. The summed E-state index contributed by atoms with van der Waals surface area (Å²) in [6, 6.07) is 11.7. The Balaban J connectivity index is 1.48. The molecule has 2 aromatic carbocycles. The van der Waals surface area contributed by atoms with Crippen LogP contribution in [0.1, 0.15) is 10.4 Å². The number of benzene rings is 2. The van der Waals surface area contributed by atoms with Gasteiger partial charge in [0, 0.05) is 31.7 Å². The molecule has 0 bridgehead atoms. The lowest BCUT2D eigenvalue weighted by molar-refractivity contribution is -0.130. The molecule has 0 spiro atoms. The van der Waals surface area contributed by atoms with Gasteiger partial charge in [-0.15, -0.1) is 0 Å². The Morgan fingerprint density at radius 1 is 0.923 bits per heavy atom. The second-order valence-corrected chi connectivity index (χ2v) is 6.01. The molecule has 1 fully saturated rings. The van der Waals surface area contributed by atoms with Gasteiger partial charge in [-0.05, 0) is 36.4 Å². The van der Waals surface area contributed by atoms with E-state index in [1.54, 1.807) is 23.1 Å². The molecule has 0 atom stereocenters. The lowest BCUT2D eigenvalue weighted by Gasteiger charge is -2.36. The van der Waals surface area contributed by atoms with Gasteiger partial charge in [0.25, 0.3) is 5.91 Å². The number of hydrogen-bond donors (Lipinski definition) is 1. The Labute approximate surface area is 150 Å². The fourth-order valence-corrected chi connectivity index (χ4v) is 2.88. The van der Waals surface area contributed by atoms with Crippen LogP contribution < -0.4 is 10.2 Å². The number of nitrogens with zero attached hydrogens (tertiary/aromatic N) is 2. The number of carbonyl (C=O) groups is 2. The SMILES string of the molecule is O=C(NCC(=O)N1CCN(c2ccccc2F)CC1)c1ccc(F)cc1. The highest BCUT2D eigenvalue weighted by Gasteiger charge is 2.22. The molecule has 136 valence electrons. The number of nitrogens with one attached hydrogen (secondary N) is 1. The molecule has 0 radical (unpaired) electrons. The molecule has 2 amide bonds. The number of hydrogen-bond acceptors (Lipinski definition) is 3. The lowest BCUT2D eigenvalue weighted by atomic mass is 10.2. The molecule has 0 unspecified atom stereocenters. The van der Waals surface area contributed by atoms with Gasteiger partial charge < -0.3 is 15.1 Å². The molecule has 3 rings (SSSR count). The van der Waals surface area contributed by atoms with Crippen molar-refractivity contribution in [2.75, 3.05) is 37.6 Å². The van der Waals surface area contributed by atoms with Crippen molar-refractivity contribution in [3.63, 3.8) is 0 Å². The van der Waals surface area contributed by atoms with Crippen LogP contribution in [0.15, 0.2) is 48.5 Å². The summed E-state index contributed by atoms with van der Waals surface area (Å²) in [5.41, 5.74) is 0.827. The normalized spacial score (nSPS) is 14.2. The van der Waals surface area contributed by atoms with Gasteiger partial charge in [-0.3, -0.25) is 9.59 Å². The Hall–Kier alpha value is -2.96. The molecule has 26 heavy (non-hydrogen) atoms. The highest BCUT2D eigenvalue weighted by molar-refractivity contribution is 5.96. The van der Waals surface area contributed by atoms with Crippen molar-refractivity contribution in [1.82, 2.24) is 10.2 Å². The van der Waals surface area contributed by atoms with E-state index in [4.69, 9.17) is 0 Å². The van der Waals surface area contributed by atoms with Crippen LogP contribution in [0.5, 0.6) is 0 Å². The number of rotatable bonds is 4. The molecule has 1 aliphatic rings. The summed E-state index contributed by atoms with van der Waals surface area (Å²) < 4.78 is 26.7. The second kappa shape index (κ2) is 7.95. The van der Waals surface area contributed by atoms with E-state index in [0.717, 1.165) is 0 Å². The maximum absolute atomic E-state index is 13.8. The third kappa shape index (κ3) is 4.17. The van der Waals surface area contributed by atoms with E-state index in [1.807, 2.05) is 4.90 Å². The average molecular weight is 359 g/mol. The smallest absolute Gasteiger partial charge is 0.251 e. The zero-order valence-corrected chi connectivity index (χ0v) is 14.1. The first-order valence-corrected chi connectivity index (χ1v) is 8.35. The topological polar surface area (TPSA) is 52.7 Å². The molecular weight excluding hydrogens is 340 g/mol. The van der Waals surface area contributed by atoms with Crippen LogP contribution in [0.25, 0.3) is 0 Å². The third-order valence-electron chi connectivity index (χ3n) is 4.33. The van der Waals surface area contributed by atoms with Crippen LogP contribution in [-0.4, -0.2) is 49.4 Å². The van der Waals surface area contributed by atoms with Crippen molar-refractivity contribution in [2.45, 2.75) is 0 Å². The predicted octanol–water partition coefficient (Wildman–Crippen LogP) is 2.04. The van der Waals surface area contributed by atoms with Gasteiger partial charge in [-0.2, -0.15) is 0 Å². The first kappa shape index (κ1) is 17.8. The molecule has 0 saturated carbocycles. The highest BCUT2D eigenvalue weighted by Crippen LogP contribution is 2.20. The van der Waals surface area contributed by atoms with E-state index in [-0.39, 0.29) is 18.3 Å². The van der Waals surface area contributed by atoms with E-state index >= 15 is 0 Å². The summed E-state index contributed by atoms with van der Waals surface area (Å²) in [7, 11) is 0. The van der Waals surface area contributed by atoms with Gasteiger partial charge in [0.05, 0.1) is 12.2 Å². The predicted molar refractivity (Wildman–Crippen MR) is 93.9 cm³/mol. The summed E-state index contributed by atoms with van der Waals surface area (Å²) >= 11 is 0. The Morgan fingerprint density at radius 2 is 1.58 bits per heavy atom. The van der Waals surface area contributed by atoms with Crippen molar-refractivity contribution in [3.8, 4) is 0 Å². The summed E-state index contributed by atoms with van der Waals surface area (Å²) in [5, 5.41) is 2.54. The third-order valence-corrected chi connectivity index (χ3v) is 4.33. The zero-order valence-electron chi connectivity index (χ0n) is 14.1. The van der Waals surface area contributed by atoms with Crippen molar-refractivity contribution in [1.29, 1.82) is 0 Å². The Kier molecular flexibility index (Phi) is 5.46. The Bertz CT molecular complexity index is 788. The molecule has 0 aromatic heterocycles. The van der Waals surface area contributed by atoms with Crippen molar-refractivity contribution in [2.24, 2.45) is 0 Å². The zero-order chi connectivity index (χ0) is 18.5. The lowest BCUT2D eigenvalue weighted by Crippen LogP contribution is -2.51. The quantitative estimate of drug-likeness (QED) is 0.909. The number of piperazine rings is 1. The second-order valence-electron chi connectivity index (χ2n) is 6.01. The van der Waals surface area contributed by atoms with Gasteiger partial charge in [-0.1, -0.05) is 12.1 Å². The molecule has 1 heterocycles. The molecule has 5 nitrogen and oxygen atoms in total. The maximum Gasteiger partial charge on any atom is 0.251 e. The average Bonchev–Trinajstić information content (AvgIpc) is 2.67. The first-order valence-electron chi connectivity index (χ1n) is 8.35. The standard InChI is InChI=1S/C19H19F2N3O2/c20-15-7-5-14(6-8-15)19(26)22-13-18(25)24-11-9-23(10-12-24)17-4-2-1-3-16(17)21/h1-8H,9-13H2,(H,22,26). The summed E-state index contributed by atoms with van der Waals surface area (Å²) in [4.78, 5) is 27.8. The Morgan fingerprint density at radius 3 is 2.23 bits per heavy atom. The van der Waals surface area contributed by atoms with Crippen molar-refractivity contribution in [3.05, 3.63) is 65.7 Å². The molecular formula is C19H19F2N3O2. The summed E-state index contributed by atoms with van der Waals surface area (Å²) in [6.45, 7) is 1.84. The van der Waals surface area contributed by atoms with Gasteiger partial charge >= 0.3 is 0 Å². The van der Waals surface area contributed by atoms with Crippen LogP contribution in [0.4, 0.5) is 14.5 Å². The first-order chi connectivity index (χ1) is 12.5. The van der Waals surface area contributed by atoms with Gasteiger partial charge in [0.15, 0.2) is 0 Å². The van der Waals surface area contributed by atoms with E-state index in [2.05, 4.69) is 5.32 Å². The minimum Gasteiger partial charge on any atom is -0.366 e. The number of amides is 2. The van der Waals surface area contributed by atoms with Gasteiger partial charge in [-0.25, -0.2) is 8.78 Å². The largest absolute Gasteiger partial charge is 0.366 e. The number of halogens is 2. The molecule has 1 aliphatic heterocycles. The molecule has 1 N–H and O–H groups in total. The van der Waals surface area contributed by atoms with Crippen LogP contribution in [0.3, 0.4) is 0 Å². The van der Waals surface area contributed by atoms with Crippen molar-refractivity contribution < 1.29 is 18.4 Å². The van der Waals surface area contributed by atoms with Gasteiger partial charge in [0.2, 0.25) is 5.91 Å². The molecule has 0 aliphatic carbocycles. The van der Waals surface area contributed by atoms with E-state index in [0.29, 0.717) is 37.4 Å². The van der Waals surface area contributed by atoms with Crippen molar-refractivity contribution >= 4 is 17.5 Å². The monoisotopic (exact) mass is 359 g/mol. The molecule has 7 heteroatoms. The molecule has 1 saturated heterocycles. The van der Waals surface area contributed by atoms with E-state index < -0.39 is 11.7 Å². The van der Waals surface area contributed by atoms with Crippen LogP contribution in [-0.2, 0) is 4.79 Å². The van der Waals surface area contributed by atoms with E-state index in [1.165, 1.54) is 30.3 Å². The summed E-state index contributed by atoms with van der Waals surface area (Å²) in [6.07, 6.45) is 0. The minimum absolute atomic E-state index is 0.129. The fraction of sp³-hybridized carbons (Fsp3) is 0.263. The fourth-order valence-electron chi connectivity index (χ4n) is 2.88. The minimum atomic E-state index is -0.427. The highest BCUT2D eigenvalue weighted by atomic mass is 19.1. The molecule has 2 aromatic rings. The maximum atomic E-state index is 13.8. The summed E-state index contributed by atoms with van der Waals surface area (Å²) in [5.74, 6) is -1.33. The van der Waals surface area contributed by atoms with Crippen LogP contribution in [0.2, 0.25) is 0 Å². The number of para-hydroxylation sites is 1. The van der Waals surface area contributed by atoms with E-state index in [9.17, 15) is 18.4 Å². The van der Waals surface area contributed by atoms with Crippen LogP contribution >= 0.6 is 0 Å².